The van der Waals surface area contributed by atoms with E-state index in [1.165, 1.54) is 6.08 Å². The molecule has 0 aliphatic carbocycles. The zero-order valence-corrected chi connectivity index (χ0v) is 16.8. The minimum absolute atomic E-state index is 0.0448. The molecule has 1 aromatic rings. The number of carbonyl (C=O) groups is 3. The van der Waals surface area contributed by atoms with Gasteiger partial charge in [-0.25, -0.2) is 4.79 Å². The first-order valence-electron chi connectivity index (χ1n) is 9.36. The molecule has 1 fully saturated rings. The monoisotopic (exact) mass is 422 g/mol. The third-order valence-corrected chi connectivity index (χ3v) is 5.01. The molecule has 1 aromatic carbocycles. The second kappa shape index (κ2) is 9.15. The molecule has 1 saturated heterocycles. The fourth-order valence-electron chi connectivity index (χ4n) is 3.25. The predicted molar refractivity (Wildman–Crippen MR) is 108 cm³/mol. The van der Waals surface area contributed by atoms with Gasteiger partial charge in [0.15, 0.2) is 0 Å². The van der Waals surface area contributed by atoms with Gasteiger partial charge in [-0.1, -0.05) is 11.6 Å². The summed E-state index contributed by atoms with van der Waals surface area (Å²) in [7, 11) is 0. The van der Waals surface area contributed by atoms with Gasteiger partial charge in [0.1, 0.15) is 5.70 Å². The lowest BCUT2D eigenvalue weighted by Gasteiger charge is -2.35. The van der Waals surface area contributed by atoms with Crippen LogP contribution in [0.5, 0.6) is 0 Å². The molecule has 0 saturated carbocycles. The standard InChI is InChI=1S/C19H23ClN4O5/c1-2-29-19(28)23-7-5-22(6-8-23)16-4-3-13(11-14(16)20)21-15-12-17(26)24(9-10-25)18(15)27/h3-4,11-12,21,25H,2,5-10H2,1H3. The van der Waals surface area contributed by atoms with E-state index in [-0.39, 0.29) is 24.9 Å². The van der Waals surface area contributed by atoms with Crippen LogP contribution in [0.4, 0.5) is 16.2 Å². The number of rotatable bonds is 6. The van der Waals surface area contributed by atoms with Crippen molar-refractivity contribution in [1.29, 1.82) is 0 Å². The molecular formula is C19H23ClN4O5. The molecule has 2 aliphatic rings. The number of nitrogens with zero attached hydrogens (tertiary/aromatic N) is 3. The number of nitrogens with one attached hydrogen (secondary N) is 1. The van der Waals surface area contributed by atoms with Gasteiger partial charge in [-0.15, -0.1) is 0 Å². The van der Waals surface area contributed by atoms with Crippen LogP contribution < -0.4 is 10.2 Å². The van der Waals surface area contributed by atoms with Gasteiger partial charge in [0.05, 0.1) is 30.5 Å². The number of aliphatic hydroxyl groups is 1. The highest BCUT2D eigenvalue weighted by molar-refractivity contribution is 6.33. The number of hydrogen-bond acceptors (Lipinski definition) is 7. The van der Waals surface area contributed by atoms with Gasteiger partial charge in [-0.2, -0.15) is 0 Å². The number of halogens is 1. The Hall–Kier alpha value is -2.78. The molecule has 29 heavy (non-hydrogen) atoms. The average molecular weight is 423 g/mol. The fourth-order valence-corrected chi connectivity index (χ4v) is 3.55. The van der Waals surface area contributed by atoms with Crippen LogP contribution in [0.2, 0.25) is 5.02 Å². The zero-order valence-electron chi connectivity index (χ0n) is 16.1. The number of benzene rings is 1. The topological polar surface area (TPSA) is 102 Å². The highest BCUT2D eigenvalue weighted by Gasteiger charge is 2.30. The summed E-state index contributed by atoms with van der Waals surface area (Å²) >= 11 is 6.44. The average Bonchev–Trinajstić information content (AvgIpc) is 2.96. The van der Waals surface area contributed by atoms with Gasteiger partial charge in [-0.05, 0) is 25.1 Å². The largest absolute Gasteiger partial charge is 0.450 e. The maximum absolute atomic E-state index is 12.2. The molecular weight excluding hydrogens is 400 g/mol. The molecule has 2 aliphatic heterocycles. The summed E-state index contributed by atoms with van der Waals surface area (Å²) in [4.78, 5) is 40.6. The van der Waals surface area contributed by atoms with Gasteiger partial charge >= 0.3 is 6.09 Å². The Bertz CT molecular complexity index is 836. The van der Waals surface area contributed by atoms with E-state index in [0.717, 1.165) is 10.6 Å². The van der Waals surface area contributed by atoms with E-state index in [4.69, 9.17) is 21.4 Å². The van der Waals surface area contributed by atoms with E-state index in [1.807, 2.05) is 6.07 Å². The van der Waals surface area contributed by atoms with Crippen molar-refractivity contribution in [2.45, 2.75) is 6.92 Å². The number of carbonyl (C=O) groups excluding carboxylic acids is 3. The van der Waals surface area contributed by atoms with Crippen molar-refractivity contribution in [2.75, 3.05) is 56.2 Å². The van der Waals surface area contributed by atoms with Crippen LogP contribution >= 0.6 is 11.6 Å². The summed E-state index contributed by atoms with van der Waals surface area (Å²) in [5.74, 6) is -0.951. The molecule has 0 unspecified atom stereocenters. The fraction of sp³-hybridized carbons (Fsp3) is 0.421. The quantitative estimate of drug-likeness (QED) is 0.665. The number of β-amino-alcohol motifs (C(OH)–C–C–N with tert-alkyl or cyclic N) is 1. The minimum atomic E-state index is -0.487. The Labute approximate surface area is 173 Å². The van der Waals surface area contributed by atoms with Crippen molar-refractivity contribution in [3.8, 4) is 0 Å². The number of amides is 3. The van der Waals surface area contributed by atoms with Gasteiger partial charge < -0.3 is 25.0 Å². The summed E-state index contributed by atoms with van der Waals surface area (Å²) in [6.45, 7) is 4.12. The number of imide groups is 1. The molecule has 0 bridgehead atoms. The van der Waals surface area contributed by atoms with Crippen molar-refractivity contribution < 1.29 is 24.2 Å². The molecule has 0 atom stereocenters. The molecule has 10 heteroatoms. The second-order valence-electron chi connectivity index (χ2n) is 6.54. The van der Waals surface area contributed by atoms with Crippen molar-refractivity contribution in [3.63, 3.8) is 0 Å². The van der Waals surface area contributed by atoms with Gasteiger partial charge in [-0.3, -0.25) is 14.5 Å². The Morgan fingerprint density at radius 1 is 1.24 bits per heavy atom. The van der Waals surface area contributed by atoms with Gasteiger partial charge in [0.25, 0.3) is 11.8 Å². The first-order valence-corrected chi connectivity index (χ1v) is 9.74. The van der Waals surface area contributed by atoms with E-state index in [0.29, 0.717) is 43.5 Å². The van der Waals surface area contributed by atoms with Gasteiger partial charge in [0, 0.05) is 37.9 Å². The predicted octanol–water partition coefficient (Wildman–Crippen LogP) is 1.28. The summed E-state index contributed by atoms with van der Waals surface area (Å²) in [6, 6.07) is 5.28. The van der Waals surface area contributed by atoms with Crippen LogP contribution in [0.3, 0.4) is 0 Å². The lowest BCUT2D eigenvalue weighted by atomic mass is 10.2. The Morgan fingerprint density at radius 3 is 2.59 bits per heavy atom. The van der Waals surface area contributed by atoms with Crippen LogP contribution in [-0.2, 0) is 14.3 Å². The molecule has 3 rings (SSSR count). The maximum Gasteiger partial charge on any atom is 0.409 e. The number of hydrogen-bond donors (Lipinski definition) is 2. The summed E-state index contributed by atoms with van der Waals surface area (Å²) in [5.41, 5.74) is 1.53. The van der Waals surface area contributed by atoms with E-state index < -0.39 is 11.8 Å². The highest BCUT2D eigenvalue weighted by Crippen LogP contribution is 2.30. The second-order valence-corrected chi connectivity index (χ2v) is 6.95. The number of piperazine rings is 1. The minimum Gasteiger partial charge on any atom is -0.450 e. The van der Waals surface area contributed by atoms with Crippen LogP contribution in [0.15, 0.2) is 30.0 Å². The Kier molecular flexibility index (Phi) is 6.60. The van der Waals surface area contributed by atoms with Gasteiger partial charge in [0.2, 0.25) is 0 Å². The number of ether oxygens (including phenoxy) is 1. The molecule has 9 nitrogen and oxygen atoms in total. The Morgan fingerprint density at radius 2 is 1.97 bits per heavy atom. The Balaban J connectivity index is 1.63. The lowest BCUT2D eigenvalue weighted by molar-refractivity contribution is -0.137. The summed E-state index contributed by atoms with van der Waals surface area (Å²) in [6.07, 6.45) is 0.895. The molecule has 2 N–H and O–H groups in total. The highest BCUT2D eigenvalue weighted by atomic mass is 35.5. The van der Waals surface area contributed by atoms with E-state index in [1.54, 1.807) is 24.0 Å². The van der Waals surface area contributed by atoms with Crippen molar-refractivity contribution >= 4 is 40.9 Å². The van der Waals surface area contributed by atoms with Crippen LogP contribution in [0.1, 0.15) is 6.92 Å². The first kappa shape index (κ1) is 20.9. The first-order chi connectivity index (χ1) is 13.9. The normalized spacial score (nSPS) is 16.9. The van der Waals surface area contributed by atoms with E-state index >= 15 is 0 Å². The third kappa shape index (κ3) is 4.63. The van der Waals surface area contributed by atoms with Crippen LogP contribution in [0.25, 0.3) is 0 Å². The third-order valence-electron chi connectivity index (χ3n) is 4.71. The zero-order chi connectivity index (χ0) is 21.0. The molecule has 2 heterocycles. The van der Waals surface area contributed by atoms with Crippen molar-refractivity contribution in [3.05, 3.63) is 35.0 Å². The number of anilines is 2. The smallest absolute Gasteiger partial charge is 0.409 e. The summed E-state index contributed by atoms with van der Waals surface area (Å²) < 4.78 is 5.02. The van der Waals surface area contributed by atoms with Crippen LogP contribution in [-0.4, -0.2) is 78.8 Å². The molecule has 0 radical (unpaired) electrons. The van der Waals surface area contributed by atoms with E-state index in [2.05, 4.69) is 10.2 Å². The molecule has 3 amide bonds. The SMILES string of the molecule is CCOC(=O)N1CCN(c2ccc(NC3=CC(=O)N(CCO)C3=O)cc2Cl)CC1. The van der Waals surface area contributed by atoms with Crippen LogP contribution in [0, 0.1) is 0 Å². The van der Waals surface area contributed by atoms with Crippen molar-refractivity contribution in [2.24, 2.45) is 0 Å². The lowest BCUT2D eigenvalue weighted by Crippen LogP contribution is -2.49. The number of aliphatic hydroxyl groups excluding tert-OH is 1. The van der Waals surface area contributed by atoms with E-state index in [9.17, 15) is 14.4 Å². The molecule has 0 aromatic heterocycles. The summed E-state index contributed by atoms with van der Waals surface area (Å²) in [5, 5.41) is 12.4. The maximum atomic E-state index is 12.2. The van der Waals surface area contributed by atoms with Crippen molar-refractivity contribution in [1.82, 2.24) is 9.80 Å². The molecule has 0 spiro atoms. The molecule has 156 valence electrons.